The van der Waals surface area contributed by atoms with Gasteiger partial charge in [-0.05, 0) is 36.2 Å². The molecule has 0 aliphatic carbocycles. The van der Waals surface area contributed by atoms with Crippen LogP contribution in [0.3, 0.4) is 0 Å². The fourth-order valence-electron chi connectivity index (χ4n) is 1.32. The second-order valence-electron chi connectivity index (χ2n) is 3.48. The average Bonchev–Trinajstić information content (AvgIpc) is 2.85. The van der Waals surface area contributed by atoms with Gasteiger partial charge in [0.15, 0.2) is 4.77 Å². The molecule has 0 radical (unpaired) electrons. The van der Waals surface area contributed by atoms with Crippen molar-refractivity contribution in [2.45, 2.75) is 6.92 Å². The molecular weight excluding hydrogens is 242 g/mol. The summed E-state index contributed by atoms with van der Waals surface area (Å²) in [5.74, 6) is -0.103. The topological polar surface area (TPSA) is 51.9 Å². The first-order valence-corrected chi connectivity index (χ1v) is 5.97. The van der Waals surface area contributed by atoms with E-state index in [4.69, 9.17) is 12.2 Å². The number of rotatable bonds is 2. The lowest BCUT2D eigenvalue weighted by molar-refractivity contribution is 0.0989. The van der Waals surface area contributed by atoms with E-state index in [0.717, 1.165) is 10.6 Å². The van der Waals surface area contributed by atoms with E-state index in [9.17, 15) is 4.79 Å². The molecule has 2 rings (SSSR count). The highest BCUT2D eigenvalue weighted by Gasteiger charge is 2.15. The molecular formula is C10H11N3OS2. The van der Waals surface area contributed by atoms with E-state index in [-0.39, 0.29) is 5.91 Å². The molecule has 0 saturated heterocycles. The molecule has 6 heteroatoms. The van der Waals surface area contributed by atoms with Crippen LogP contribution in [0.4, 0.5) is 5.00 Å². The molecule has 4 nitrogen and oxygen atoms in total. The highest BCUT2D eigenvalue weighted by atomic mass is 32.1. The number of carbonyl (C=O) groups is 1. The molecule has 2 N–H and O–H groups in total. The number of imidazole rings is 1. The van der Waals surface area contributed by atoms with Crippen LogP contribution in [0.15, 0.2) is 17.6 Å². The van der Waals surface area contributed by atoms with Gasteiger partial charge in [-0.2, -0.15) is 0 Å². The number of anilines is 1. The molecule has 0 spiro atoms. The summed E-state index contributed by atoms with van der Waals surface area (Å²) in [7, 11) is 1.75. The Morgan fingerprint density at radius 2 is 2.31 bits per heavy atom. The van der Waals surface area contributed by atoms with Crippen LogP contribution in [0.5, 0.6) is 0 Å². The van der Waals surface area contributed by atoms with Crippen molar-refractivity contribution in [1.82, 2.24) is 9.97 Å². The summed E-state index contributed by atoms with van der Waals surface area (Å²) in [5, 5.41) is 2.93. The number of aryl methyl sites for hydroxylation is 1. The third-order valence-electron chi connectivity index (χ3n) is 2.18. The number of amides is 1. The number of nitrogens with one attached hydrogen (secondary N) is 2. The standard InChI is InChI=1S/C10H11N3OS2/c1-6-3-8(16-5-6)13(2)9(14)7-4-11-10(15)12-7/h3-5H,1-2H3,(H2,11,12,15). The molecule has 0 aliphatic rings. The van der Waals surface area contributed by atoms with Crippen molar-refractivity contribution in [3.63, 3.8) is 0 Å². The number of H-pyrrole nitrogens is 2. The third kappa shape index (κ3) is 2.07. The monoisotopic (exact) mass is 253 g/mol. The molecule has 1 amide bonds. The summed E-state index contributed by atoms with van der Waals surface area (Å²) in [6, 6.07) is 1.98. The summed E-state index contributed by atoms with van der Waals surface area (Å²) < 4.78 is 0.458. The summed E-state index contributed by atoms with van der Waals surface area (Å²) >= 11 is 6.42. The SMILES string of the molecule is Cc1csc(N(C)C(=O)c2c[nH]c(=S)[nH]2)c1. The number of thiophene rings is 1. The minimum Gasteiger partial charge on any atom is -0.337 e. The Labute approximate surface area is 102 Å². The second-order valence-corrected chi connectivity index (χ2v) is 4.78. The molecule has 2 aromatic rings. The molecule has 0 atom stereocenters. The predicted molar refractivity (Wildman–Crippen MR) is 67.8 cm³/mol. The molecule has 0 bridgehead atoms. The average molecular weight is 253 g/mol. The molecule has 2 heterocycles. The van der Waals surface area contributed by atoms with Crippen LogP contribution < -0.4 is 4.90 Å². The van der Waals surface area contributed by atoms with E-state index >= 15 is 0 Å². The highest BCUT2D eigenvalue weighted by molar-refractivity contribution is 7.71. The molecule has 0 aromatic carbocycles. The maximum atomic E-state index is 12.0. The van der Waals surface area contributed by atoms with E-state index in [1.807, 2.05) is 18.4 Å². The summed E-state index contributed by atoms with van der Waals surface area (Å²) in [4.78, 5) is 19.2. The Balaban J connectivity index is 2.26. The molecule has 0 aliphatic heterocycles. The molecule has 84 valence electrons. The Hall–Kier alpha value is -1.40. The van der Waals surface area contributed by atoms with Crippen LogP contribution in [0.1, 0.15) is 16.1 Å². The van der Waals surface area contributed by atoms with Crippen LogP contribution in [0.2, 0.25) is 0 Å². The van der Waals surface area contributed by atoms with Crippen LogP contribution >= 0.6 is 23.6 Å². The normalized spacial score (nSPS) is 10.4. The van der Waals surface area contributed by atoms with Crippen molar-refractivity contribution < 1.29 is 4.79 Å². The van der Waals surface area contributed by atoms with Crippen molar-refractivity contribution >= 4 is 34.5 Å². The van der Waals surface area contributed by atoms with Crippen LogP contribution in [0.25, 0.3) is 0 Å². The van der Waals surface area contributed by atoms with Gasteiger partial charge in [0.1, 0.15) is 5.69 Å². The van der Waals surface area contributed by atoms with E-state index in [1.54, 1.807) is 29.5 Å². The molecule has 0 unspecified atom stereocenters. The fourth-order valence-corrected chi connectivity index (χ4v) is 2.36. The Morgan fingerprint density at radius 1 is 1.56 bits per heavy atom. The maximum Gasteiger partial charge on any atom is 0.276 e. The lowest BCUT2D eigenvalue weighted by atomic mass is 10.3. The van der Waals surface area contributed by atoms with Gasteiger partial charge in [0.05, 0.1) is 5.00 Å². The number of hydrogen-bond donors (Lipinski definition) is 2. The maximum absolute atomic E-state index is 12.0. The van der Waals surface area contributed by atoms with Crippen molar-refractivity contribution in [3.05, 3.63) is 33.7 Å². The first-order valence-electron chi connectivity index (χ1n) is 4.69. The Morgan fingerprint density at radius 3 is 2.81 bits per heavy atom. The van der Waals surface area contributed by atoms with Gasteiger partial charge in [0, 0.05) is 13.2 Å². The number of aromatic nitrogens is 2. The van der Waals surface area contributed by atoms with Gasteiger partial charge in [-0.25, -0.2) is 0 Å². The molecule has 0 fully saturated rings. The van der Waals surface area contributed by atoms with Gasteiger partial charge < -0.3 is 14.9 Å². The van der Waals surface area contributed by atoms with Gasteiger partial charge in [-0.15, -0.1) is 11.3 Å². The van der Waals surface area contributed by atoms with Crippen molar-refractivity contribution in [3.8, 4) is 0 Å². The number of aromatic amines is 2. The predicted octanol–water partition coefficient (Wildman–Crippen LogP) is 2.72. The van der Waals surface area contributed by atoms with Crippen molar-refractivity contribution in [2.24, 2.45) is 0 Å². The van der Waals surface area contributed by atoms with E-state index in [0.29, 0.717) is 10.5 Å². The number of carbonyl (C=O) groups excluding carboxylic acids is 1. The zero-order valence-electron chi connectivity index (χ0n) is 8.90. The lowest BCUT2D eigenvalue weighted by Gasteiger charge is -2.13. The Bertz CT molecular complexity index is 566. The first kappa shape index (κ1) is 11.1. The van der Waals surface area contributed by atoms with Crippen LogP contribution in [0, 0.1) is 11.7 Å². The van der Waals surface area contributed by atoms with Crippen molar-refractivity contribution in [2.75, 3.05) is 11.9 Å². The molecule has 2 aromatic heterocycles. The minimum atomic E-state index is -0.103. The summed E-state index contributed by atoms with van der Waals surface area (Å²) in [6.07, 6.45) is 1.58. The quantitative estimate of drug-likeness (QED) is 0.809. The van der Waals surface area contributed by atoms with E-state index < -0.39 is 0 Å². The van der Waals surface area contributed by atoms with E-state index in [2.05, 4.69) is 9.97 Å². The smallest absolute Gasteiger partial charge is 0.276 e. The van der Waals surface area contributed by atoms with Crippen LogP contribution in [-0.2, 0) is 0 Å². The molecule has 0 saturated carbocycles. The van der Waals surface area contributed by atoms with E-state index in [1.165, 1.54) is 0 Å². The Kier molecular flexibility index (Phi) is 2.93. The zero-order chi connectivity index (χ0) is 11.7. The van der Waals surface area contributed by atoms with Gasteiger partial charge in [-0.1, -0.05) is 0 Å². The fraction of sp³-hybridized carbons (Fsp3) is 0.200. The highest BCUT2D eigenvalue weighted by Crippen LogP contribution is 2.24. The lowest BCUT2D eigenvalue weighted by Crippen LogP contribution is -2.25. The van der Waals surface area contributed by atoms with Gasteiger partial charge in [0.25, 0.3) is 5.91 Å². The number of nitrogens with zero attached hydrogens (tertiary/aromatic N) is 1. The summed E-state index contributed by atoms with van der Waals surface area (Å²) in [6.45, 7) is 2.00. The molecule has 16 heavy (non-hydrogen) atoms. The second kappa shape index (κ2) is 4.23. The largest absolute Gasteiger partial charge is 0.337 e. The minimum absolute atomic E-state index is 0.103. The first-order chi connectivity index (χ1) is 7.58. The van der Waals surface area contributed by atoms with Gasteiger partial charge >= 0.3 is 0 Å². The van der Waals surface area contributed by atoms with Crippen LogP contribution in [-0.4, -0.2) is 22.9 Å². The summed E-state index contributed by atoms with van der Waals surface area (Å²) in [5.41, 5.74) is 1.63. The zero-order valence-corrected chi connectivity index (χ0v) is 10.5. The van der Waals surface area contributed by atoms with Gasteiger partial charge in [-0.3, -0.25) is 4.79 Å². The van der Waals surface area contributed by atoms with Gasteiger partial charge in [0.2, 0.25) is 0 Å². The number of hydrogen-bond acceptors (Lipinski definition) is 3. The third-order valence-corrected chi connectivity index (χ3v) is 3.52. The van der Waals surface area contributed by atoms with Crippen molar-refractivity contribution in [1.29, 1.82) is 0 Å².